The monoisotopic (exact) mass is 261 g/mol. The van der Waals surface area contributed by atoms with E-state index in [1.807, 2.05) is 0 Å². The van der Waals surface area contributed by atoms with Gasteiger partial charge in [0.05, 0.1) is 17.6 Å². The number of thiazole rings is 1. The van der Waals surface area contributed by atoms with Crippen LogP contribution in [0.1, 0.15) is 15.4 Å². The lowest BCUT2D eigenvalue weighted by Crippen LogP contribution is -2.15. The Kier molecular flexibility index (Phi) is 3.72. The minimum atomic E-state index is -0.248. The van der Waals surface area contributed by atoms with E-state index < -0.39 is 0 Å². The molecule has 0 aliphatic carbocycles. The minimum Gasteiger partial charge on any atom is -0.320 e. The first-order valence-electron chi connectivity index (χ1n) is 5.15. The van der Waals surface area contributed by atoms with Crippen LogP contribution in [0, 0.1) is 11.8 Å². The Morgan fingerprint density at radius 2 is 2.50 bits per heavy atom. The molecule has 3 N–H and O–H groups in total. The Hall–Kier alpha value is -2.17. The molecule has 1 amide bonds. The summed E-state index contributed by atoms with van der Waals surface area (Å²) in [4.78, 5) is 16.7. The summed E-state index contributed by atoms with van der Waals surface area (Å²) in [6.07, 6.45) is 3.17. The highest BCUT2D eigenvalue weighted by Crippen LogP contribution is 2.17. The molecule has 2 rings (SSSR count). The van der Waals surface area contributed by atoms with Crippen molar-refractivity contribution < 1.29 is 4.79 Å². The summed E-state index contributed by atoms with van der Waals surface area (Å²) >= 11 is 1.30. The van der Waals surface area contributed by atoms with Crippen LogP contribution in [-0.2, 0) is 7.05 Å². The second-order valence-electron chi connectivity index (χ2n) is 3.33. The van der Waals surface area contributed by atoms with Crippen molar-refractivity contribution >= 4 is 22.4 Å². The van der Waals surface area contributed by atoms with Gasteiger partial charge in [-0.15, -0.1) is 0 Å². The van der Waals surface area contributed by atoms with Crippen LogP contribution in [0.3, 0.4) is 0 Å². The van der Waals surface area contributed by atoms with Gasteiger partial charge < -0.3 is 5.73 Å². The number of nitrogens with two attached hydrogens (primary N) is 1. The number of rotatable bonds is 2. The number of carbonyl (C=O) groups is 1. The molecule has 18 heavy (non-hydrogen) atoms. The minimum absolute atomic E-state index is 0.248. The van der Waals surface area contributed by atoms with E-state index in [2.05, 4.69) is 27.2 Å². The maximum atomic E-state index is 11.9. The summed E-state index contributed by atoms with van der Waals surface area (Å²) in [7, 11) is 1.70. The maximum Gasteiger partial charge on any atom is 0.275 e. The summed E-state index contributed by atoms with van der Waals surface area (Å²) in [6, 6.07) is 1.64. The molecule has 92 valence electrons. The molecule has 0 unspecified atom stereocenters. The van der Waals surface area contributed by atoms with Gasteiger partial charge >= 0.3 is 0 Å². The van der Waals surface area contributed by atoms with E-state index in [1.165, 1.54) is 16.0 Å². The zero-order valence-electron chi connectivity index (χ0n) is 9.67. The Balaban J connectivity index is 2.08. The fraction of sp³-hybridized carbons (Fsp3) is 0.182. The molecule has 0 atom stereocenters. The molecular weight excluding hydrogens is 250 g/mol. The Bertz CT molecular complexity index is 619. The molecule has 0 fully saturated rings. The van der Waals surface area contributed by atoms with Crippen LogP contribution in [-0.4, -0.2) is 27.2 Å². The third-order valence-corrected chi connectivity index (χ3v) is 2.92. The highest BCUT2D eigenvalue weighted by atomic mass is 32.1. The Labute approximate surface area is 108 Å². The first-order chi connectivity index (χ1) is 8.70. The lowest BCUT2D eigenvalue weighted by atomic mass is 10.4. The molecule has 7 heteroatoms. The van der Waals surface area contributed by atoms with Crippen LogP contribution in [0.4, 0.5) is 5.13 Å². The number of hydrogen-bond donors (Lipinski definition) is 2. The number of amides is 1. The summed E-state index contributed by atoms with van der Waals surface area (Å²) in [5, 5.41) is 7.12. The smallest absolute Gasteiger partial charge is 0.275 e. The van der Waals surface area contributed by atoms with Crippen molar-refractivity contribution in [3.05, 3.63) is 29.0 Å². The van der Waals surface area contributed by atoms with Gasteiger partial charge in [0.1, 0.15) is 5.69 Å². The van der Waals surface area contributed by atoms with Gasteiger partial charge in [0.25, 0.3) is 5.91 Å². The number of nitrogens with zero attached hydrogens (tertiary/aromatic N) is 3. The molecule has 2 aromatic heterocycles. The molecule has 0 saturated carbocycles. The van der Waals surface area contributed by atoms with Gasteiger partial charge in [0, 0.05) is 13.2 Å². The molecule has 0 aliphatic rings. The molecule has 0 bridgehead atoms. The molecule has 2 aromatic rings. The van der Waals surface area contributed by atoms with Crippen molar-refractivity contribution in [1.29, 1.82) is 0 Å². The Morgan fingerprint density at radius 1 is 1.67 bits per heavy atom. The van der Waals surface area contributed by atoms with Crippen molar-refractivity contribution in [1.82, 2.24) is 14.8 Å². The molecular formula is C11H11N5OS. The summed E-state index contributed by atoms with van der Waals surface area (Å²) in [5.74, 6) is 5.34. The third kappa shape index (κ3) is 2.74. The number of carbonyl (C=O) groups excluding carboxylic acids is 1. The first kappa shape index (κ1) is 12.3. The van der Waals surface area contributed by atoms with Crippen LogP contribution in [0.5, 0.6) is 0 Å². The third-order valence-electron chi connectivity index (χ3n) is 2.09. The second kappa shape index (κ2) is 5.44. The van der Waals surface area contributed by atoms with Gasteiger partial charge in [-0.2, -0.15) is 5.10 Å². The van der Waals surface area contributed by atoms with E-state index in [1.54, 1.807) is 25.5 Å². The van der Waals surface area contributed by atoms with E-state index in [-0.39, 0.29) is 5.91 Å². The Morgan fingerprint density at radius 3 is 3.17 bits per heavy atom. The molecule has 0 radical (unpaired) electrons. The van der Waals surface area contributed by atoms with Crippen molar-refractivity contribution in [2.75, 3.05) is 11.9 Å². The number of nitrogens with one attached hydrogen (secondary N) is 1. The summed E-state index contributed by atoms with van der Waals surface area (Å²) in [6.45, 7) is 0.300. The molecule has 2 heterocycles. The first-order valence-corrected chi connectivity index (χ1v) is 5.96. The number of aromatic nitrogens is 3. The van der Waals surface area contributed by atoms with Crippen LogP contribution in [0.2, 0.25) is 0 Å². The highest BCUT2D eigenvalue weighted by molar-refractivity contribution is 7.16. The van der Waals surface area contributed by atoms with Gasteiger partial charge in [-0.05, 0) is 6.07 Å². The topological polar surface area (TPSA) is 85.8 Å². The van der Waals surface area contributed by atoms with Crippen molar-refractivity contribution in [2.45, 2.75) is 0 Å². The number of aryl methyl sites for hydroxylation is 1. The standard InChI is InChI=1S/C11H11N5OS/c1-16-9(4-6-14-16)10(17)15-11-13-7-8(18-11)3-2-5-12/h4,6-7H,5,12H2,1H3,(H,13,15,17). The van der Waals surface area contributed by atoms with Crippen LogP contribution < -0.4 is 11.1 Å². The van der Waals surface area contributed by atoms with E-state index in [4.69, 9.17) is 5.73 Å². The normalized spacial score (nSPS) is 9.67. The summed E-state index contributed by atoms with van der Waals surface area (Å²) < 4.78 is 1.50. The van der Waals surface area contributed by atoms with Gasteiger partial charge in [-0.1, -0.05) is 23.2 Å². The zero-order valence-corrected chi connectivity index (χ0v) is 10.5. The zero-order chi connectivity index (χ0) is 13.0. The van der Waals surface area contributed by atoms with Crippen molar-refractivity contribution in [3.63, 3.8) is 0 Å². The average molecular weight is 261 g/mol. The predicted molar refractivity (Wildman–Crippen MR) is 69.2 cm³/mol. The predicted octanol–water partition coefficient (Wildman–Crippen LogP) is 0.439. The molecule has 0 saturated heterocycles. The lowest BCUT2D eigenvalue weighted by Gasteiger charge is -2.00. The average Bonchev–Trinajstić information content (AvgIpc) is 2.95. The fourth-order valence-electron chi connectivity index (χ4n) is 1.29. The van der Waals surface area contributed by atoms with Crippen LogP contribution in [0.15, 0.2) is 18.5 Å². The maximum absolute atomic E-state index is 11.9. The van der Waals surface area contributed by atoms with Crippen molar-refractivity contribution in [3.8, 4) is 11.8 Å². The van der Waals surface area contributed by atoms with E-state index in [0.717, 1.165) is 4.88 Å². The molecule has 0 aliphatic heterocycles. The van der Waals surface area contributed by atoms with Gasteiger partial charge in [-0.3, -0.25) is 14.8 Å². The lowest BCUT2D eigenvalue weighted by molar-refractivity contribution is 0.101. The highest BCUT2D eigenvalue weighted by Gasteiger charge is 2.11. The number of anilines is 1. The van der Waals surface area contributed by atoms with Gasteiger partial charge in [-0.25, -0.2) is 4.98 Å². The molecule has 6 nitrogen and oxygen atoms in total. The van der Waals surface area contributed by atoms with Crippen LogP contribution in [0.25, 0.3) is 0 Å². The summed E-state index contributed by atoms with van der Waals surface area (Å²) in [5.41, 5.74) is 5.75. The SMILES string of the molecule is Cn1nccc1C(=O)Nc1ncc(C#CCN)s1. The van der Waals surface area contributed by atoms with Gasteiger partial charge in [0.15, 0.2) is 5.13 Å². The largest absolute Gasteiger partial charge is 0.320 e. The quantitative estimate of drug-likeness (QED) is 0.768. The van der Waals surface area contributed by atoms with E-state index >= 15 is 0 Å². The molecule has 0 spiro atoms. The van der Waals surface area contributed by atoms with E-state index in [0.29, 0.717) is 17.4 Å². The van der Waals surface area contributed by atoms with E-state index in [9.17, 15) is 4.79 Å². The van der Waals surface area contributed by atoms with Crippen LogP contribution >= 0.6 is 11.3 Å². The van der Waals surface area contributed by atoms with Crippen molar-refractivity contribution in [2.24, 2.45) is 12.8 Å². The van der Waals surface area contributed by atoms with Gasteiger partial charge in [0.2, 0.25) is 0 Å². The second-order valence-corrected chi connectivity index (χ2v) is 4.36. The number of hydrogen-bond acceptors (Lipinski definition) is 5. The fourth-order valence-corrected chi connectivity index (χ4v) is 1.97. The molecule has 0 aromatic carbocycles.